The highest BCUT2D eigenvalue weighted by atomic mass is 79.9. The molecule has 20 heavy (non-hydrogen) atoms. The first-order valence-electron chi connectivity index (χ1n) is 6.41. The van der Waals surface area contributed by atoms with Gasteiger partial charge in [-0.2, -0.15) is 0 Å². The Kier molecular flexibility index (Phi) is 4.77. The van der Waals surface area contributed by atoms with Crippen LogP contribution >= 0.6 is 15.9 Å². The number of halogens is 1. The van der Waals surface area contributed by atoms with Crippen molar-refractivity contribution in [3.8, 4) is 0 Å². The Bertz CT molecular complexity index is 520. The molecule has 2 N–H and O–H groups in total. The number of hydrogen-bond acceptors (Lipinski definition) is 3. The van der Waals surface area contributed by atoms with Crippen LogP contribution < -0.4 is 5.32 Å². The van der Waals surface area contributed by atoms with E-state index in [2.05, 4.69) is 21.2 Å². The number of hydrogen-bond donors (Lipinski definition) is 2. The van der Waals surface area contributed by atoms with Crippen molar-refractivity contribution in [1.29, 1.82) is 0 Å². The standard InChI is InChI=1S/C14H16BrNO4/c1-8(9-3-2-4-10(15)7-9)16-13(17)11-5-6-12(20-11)14(18)19/h2-4,7-8,11-12H,5-6H2,1H3,(H,16,17)(H,18,19)/t8-,11+,12-/m1/s1. The maximum absolute atomic E-state index is 12.0. The molecular formula is C14H16BrNO4. The topological polar surface area (TPSA) is 75.6 Å². The average Bonchev–Trinajstić information content (AvgIpc) is 2.88. The summed E-state index contributed by atoms with van der Waals surface area (Å²) in [5.74, 6) is -1.28. The second-order valence-corrected chi connectivity index (χ2v) is 5.73. The molecule has 0 radical (unpaired) electrons. The van der Waals surface area contributed by atoms with Crippen LogP contribution in [-0.4, -0.2) is 29.2 Å². The van der Waals surface area contributed by atoms with Gasteiger partial charge in [-0.3, -0.25) is 4.79 Å². The fourth-order valence-corrected chi connectivity index (χ4v) is 2.59. The number of benzene rings is 1. The summed E-state index contributed by atoms with van der Waals surface area (Å²) in [5.41, 5.74) is 0.973. The Labute approximate surface area is 125 Å². The lowest BCUT2D eigenvalue weighted by atomic mass is 10.1. The fourth-order valence-electron chi connectivity index (χ4n) is 2.18. The Hall–Kier alpha value is -1.40. The van der Waals surface area contributed by atoms with E-state index in [-0.39, 0.29) is 11.9 Å². The van der Waals surface area contributed by atoms with Crippen molar-refractivity contribution in [1.82, 2.24) is 5.32 Å². The first-order valence-corrected chi connectivity index (χ1v) is 7.21. The molecule has 1 fully saturated rings. The van der Waals surface area contributed by atoms with E-state index in [0.29, 0.717) is 12.8 Å². The lowest BCUT2D eigenvalue weighted by molar-refractivity contribution is -0.151. The lowest BCUT2D eigenvalue weighted by Crippen LogP contribution is -2.37. The Morgan fingerprint density at radius 3 is 2.70 bits per heavy atom. The molecule has 0 aliphatic carbocycles. The second-order valence-electron chi connectivity index (χ2n) is 4.81. The van der Waals surface area contributed by atoms with Crippen molar-refractivity contribution in [3.05, 3.63) is 34.3 Å². The van der Waals surface area contributed by atoms with Crippen LogP contribution in [0.25, 0.3) is 0 Å². The predicted octanol–water partition coefficient (Wildman–Crippen LogP) is 2.26. The van der Waals surface area contributed by atoms with Gasteiger partial charge in [0.2, 0.25) is 5.91 Å². The second kappa shape index (κ2) is 6.37. The number of carbonyl (C=O) groups is 2. The van der Waals surface area contributed by atoms with Crippen LogP contribution in [-0.2, 0) is 14.3 Å². The molecule has 1 aromatic carbocycles. The molecule has 3 atom stereocenters. The molecule has 1 aliphatic heterocycles. The Morgan fingerprint density at radius 1 is 1.40 bits per heavy atom. The van der Waals surface area contributed by atoms with Gasteiger partial charge in [0.05, 0.1) is 6.04 Å². The monoisotopic (exact) mass is 341 g/mol. The number of rotatable bonds is 4. The van der Waals surface area contributed by atoms with Crippen LogP contribution in [0.15, 0.2) is 28.7 Å². The molecule has 6 heteroatoms. The molecule has 108 valence electrons. The zero-order valence-electron chi connectivity index (χ0n) is 11.0. The molecule has 0 bridgehead atoms. The lowest BCUT2D eigenvalue weighted by Gasteiger charge is -2.17. The van der Waals surface area contributed by atoms with E-state index in [1.807, 2.05) is 31.2 Å². The van der Waals surface area contributed by atoms with Gasteiger partial charge in [-0.15, -0.1) is 0 Å². The highest BCUT2D eigenvalue weighted by molar-refractivity contribution is 9.10. The molecular weight excluding hydrogens is 326 g/mol. The third kappa shape index (κ3) is 3.58. The van der Waals surface area contributed by atoms with Gasteiger partial charge in [0.1, 0.15) is 6.10 Å². The maximum atomic E-state index is 12.0. The van der Waals surface area contributed by atoms with E-state index in [0.717, 1.165) is 10.0 Å². The van der Waals surface area contributed by atoms with Crippen LogP contribution in [0, 0.1) is 0 Å². The zero-order valence-corrected chi connectivity index (χ0v) is 12.6. The van der Waals surface area contributed by atoms with Gasteiger partial charge in [-0.05, 0) is 37.5 Å². The van der Waals surface area contributed by atoms with Gasteiger partial charge >= 0.3 is 5.97 Å². The van der Waals surface area contributed by atoms with Crippen molar-refractivity contribution in [3.63, 3.8) is 0 Å². The minimum absolute atomic E-state index is 0.160. The molecule has 2 rings (SSSR count). The largest absolute Gasteiger partial charge is 0.479 e. The average molecular weight is 342 g/mol. The minimum Gasteiger partial charge on any atom is -0.479 e. The van der Waals surface area contributed by atoms with Gasteiger partial charge in [0, 0.05) is 4.47 Å². The minimum atomic E-state index is -1.01. The van der Waals surface area contributed by atoms with Crippen LogP contribution in [0.2, 0.25) is 0 Å². The van der Waals surface area contributed by atoms with E-state index in [9.17, 15) is 9.59 Å². The summed E-state index contributed by atoms with van der Waals surface area (Å²) in [6, 6.07) is 7.50. The van der Waals surface area contributed by atoms with Crippen molar-refractivity contribution in [2.75, 3.05) is 0 Å². The van der Waals surface area contributed by atoms with Crippen LogP contribution in [0.1, 0.15) is 31.4 Å². The van der Waals surface area contributed by atoms with Crippen LogP contribution in [0.4, 0.5) is 0 Å². The highest BCUT2D eigenvalue weighted by Crippen LogP contribution is 2.22. The zero-order chi connectivity index (χ0) is 14.7. The summed E-state index contributed by atoms with van der Waals surface area (Å²) in [7, 11) is 0. The first-order chi connectivity index (χ1) is 9.47. The Morgan fingerprint density at radius 2 is 2.10 bits per heavy atom. The normalized spacial score (nSPS) is 23.3. The molecule has 0 spiro atoms. The fraction of sp³-hybridized carbons (Fsp3) is 0.429. The third-order valence-electron chi connectivity index (χ3n) is 3.29. The van der Waals surface area contributed by atoms with E-state index in [4.69, 9.17) is 9.84 Å². The number of nitrogens with one attached hydrogen (secondary N) is 1. The van der Waals surface area contributed by atoms with Crippen molar-refractivity contribution in [2.45, 2.75) is 38.0 Å². The molecule has 1 heterocycles. The number of carboxylic acid groups (broad SMARTS) is 1. The molecule has 1 aliphatic rings. The molecule has 0 aromatic heterocycles. The van der Waals surface area contributed by atoms with Crippen LogP contribution in [0.5, 0.6) is 0 Å². The number of amides is 1. The first kappa shape index (κ1) is 15.0. The van der Waals surface area contributed by atoms with Gasteiger partial charge in [-0.25, -0.2) is 4.79 Å². The maximum Gasteiger partial charge on any atom is 0.332 e. The van der Waals surface area contributed by atoms with Gasteiger partial charge < -0.3 is 15.2 Å². The van der Waals surface area contributed by atoms with E-state index in [1.54, 1.807) is 0 Å². The molecule has 1 amide bonds. The summed E-state index contributed by atoms with van der Waals surface area (Å²) >= 11 is 3.38. The molecule has 0 saturated carbocycles. The number of carboxylic acids is 1. The van der Waals surface area contributed by atoms with Crippen LogP contribution in [0.3, 0.4) is 0 Å². The Balaban J connectivity index is 1.93. The van der Waals surface area contributed by atoms with Gasteiger partial charge in [0.15, 0.2) is 6.10 Å². The van der Waals surface area contributed by atoms with Crippen molar-refractivity contribution < 1.29 is 19.4 Å². The number of ether oxygens (including phenoxy) is 1. The van der Waals surface area contributed by atoms with E-state index >= 15 is 0 Å². The summed E-state index contributed by atoms with van der Waals surface area (Å²) in [6.45, 7) is 1.88. The van der Waals surface area contributed by atoms with E-state index in [1.165, 1.54) is 0 Å². The third-order valence-corrected chi connectivity index (χ3v) is 3.79. The summed E-state index contributed by atoms with van der Waals surface area (Å²) < 4.78 is 6.17. The van der Waals surface area contributed by atoms with Crippen molar-refractivity contribution in [2.24, 2.45) is 0 Å². The number of aliphatic carboxylic acids is 1. The van der Waals surface area contributed by atoms with Gasteiger partial charge in [0.25, 0.3) is 0 Å². The van der Waals surface area contributed by atoms with Gasteiger partial charge in [-0.1, -0.05) is 28.1 Å². The molecule has 0 unspecified atom stereocenters. The smallest absolute Gasteiger partial charge is 0.332 e. The molecule has 5 nitrogen and oxygen atoms in total. The SMILES string of the molecule is C[C@@H](NC(=O)[C@@H]1CC[C@H](C(=O)O)O1)c1cccc(Br)c1. The summed E-state index contributed by atoms with van der Waals surface area (Å²) in [6.07, 6.45) is -0.732. The summed E-state index contributed by atoms with van der Waals surface area (Å²) in [5, 5.41) is 11.7. The summed E-state index contributed by atoms with van der Waals surface area (Å²) in [4.78, 5) is 22.8. The van der Waals surface area contributed by atoms with Crippen molar-refractivity contribution >= 4 is 27.8 Å². The quantitative estimate of drug-likeness (QED) is 0.880. The predicted molar refractivity (Wildman–Crippen MR) is 76.2 cm³/mol. The molecule has 1 saturated heterocycles. The highest BCUT2D eigenvalue weighted by Gasteiger charge is 2.35. The molecule has 1 aromatic rings. The van der Waals surface area contributed by atoms with E-state index < -0.39 is 18.2 Å². The number of carbonyl (C=O) groups excluding carboxylic acids is 1.